The van der Waals surface area contributed by atoms with E-state index in [9.17, 15) is 4.79 Å². The van der Waals surface area contributed by atoms with E-state index in [1.807, 2.05) is 6.92 Å². The highest BCUT2D eigenvalue weighted by Crippen LogP contribution is 2.07. The summed E-state index contributed by atoms with van der Waals surface area (Å²) in [5, 5.41) is 9.16. The van der Waals surface area contributed by atoms with Crippen LogP contribution in [0.15, 0.2) is 18.3 Å². The summed E-state index contributed by atoms with van der Waals surface area (Å²) in [7, 11) is 1.73. The van der Waals surface area contributed by atoms with Gasteiger partial charge < -0.3 is 10.0 Å². The number of nitrogens with zero attached hydrogens (tertiary/aromatic N) is 2. The maximum atomic E-state index is 12.0. The van der Waals surface area contributed by atoms with Crippen LogP contribution < -0.4 is 0 Å². The van der Waals surface area contributed by atoms with Crippen LogP contribution in [0.25, 0.3) is 0 Å². The van der Waals surface area contributed by atoms with Gasteiger partial charge >= 0.3 is 0 Å². The van der Waals surface area contributed by atoms with E-state index in [-0.39, 0.29) is 12.0 Å². The van der Waals surface area contributed by atoms with Crippen molar-refractivity contribution in [3.8, 4) is 0 Å². The number of pyridine rings is 1. The molecule has 1 N–H and O–H groups in total. The Kier molecular flexibility index (Phi) is 4.43. The molecular weight excluding hydrogens is 204 g/mol. The predicted octanol–water partition coefficient (Wildman–Crippen LogP) is 1.23. The lowest BCUT2D eigenvalue weighted by Gasteiger charge is -2.18. The zero-order chi connectivity index (χ0) is 12.1. The van der Waals surface area contributed by atoms with Crippen molar-refractivity contribution in [3.63, 3.8) is 0 Å². The number of aliphatic hydroxyl groups is 1. The molecule has 1 aromatic rings. The van der Waals surface area contributed by atoms with Gasteiger partial charge in [-0.25, -0.2) is 0 Å². The lowest BCUT2D eigenvalue weighted by molar-refractivity contribution is 0.0768. The summed E-state index contributed by atoms with van der Waals surface area (Å²) < 4.78 is 0. The van der Waals surface area contributed by atoms with Crippen molar-refractivity contribution >= 4 is 5.91 Å². The Labute approximate surface area is 95.9 Å². The van der Waals surface area contributed by atoms with Gasteiger partial charge in [0.05, 0.1) is 11.7 Å². The number of aliphatic hydroxyl groups excluding tert-OH is 1. The summed E-state index contributed by atoms with van der Waals surface area (Å²) in [4.78, 5) is 17.7. The van der Waals surface area contributed by atoms with Gasteiger partial charge in [-0.15, -0.1) is 0 Å². The summed E-state index contributed by atoms with van der Waals surface area (Å²) in [6.07, 6.45) is 1.87. The molecule has 1 unspecified atom stereocenters. The fraction of sp³-hybridized carbons (Fsp3) is 0.500. The minimum Gasteiger partial charge on any atom is -0.393 e. The smallest absolute Gasteiger partial charge is 0.255 e. The molecule has 0 aliphatic rings. The van der Waals surface area contributed by atoms with E-state index in [0.29, 0.717) is 18.5 Å². The van der Waals surface area contributed by atoms with Crippen LogP contribution in [0.3, 0.4) is 0 Å². The molecule has 1 atom stereocenters. The highest BCUT2D eigenvalue weighted by atomic mass is 16.3. The lowest BCUT2D eigenvalue weighted by Crippen LogP contribution is -2.30. The first kappa shape index (κ1) is 12.6. The summed E-state index contributed by atoms with van der Waals surface area (Å²) in [5.74, 6) is -0.0498. The number of aromatic nitrogens is 1. The van der Waals surface area contributed by atoms with E-state index >= 15 is 0 Å². The second-order valence-corrected chi connectivity index (χ2v) is 4.00. The zero-order valence-electron chi connectivity index (χ0n) is 9.97. The molecule has 1 heterocycles. The number of aryl methyl sites for hydroxylation is 1. The van der Waals surface area contributed by atoms with Gasteiger partial charge in [-0.2, -0.15) is 0 Å². The van der Waals surface area contributed by atoms with Crippen molar-refractivity contribution in [3.05, 3.63) is 29.6 Å². The van der Waals surface area contributed by atoms with Gasteiger partial charge in [0.1, 0.15) is 0 Å². The van der Waals surface area contributed by atoms with Crippen LogP contribution in [0.4, 0.5) is 0 Å². The Bertz CT molecular complexity index is 364. The third kappa shape index (κ3) is 3.31. The molecule has 0 saturated heterocycles. The van der Waals surface area contributed by atoms with Gasteiger partial charge in [0.15, 0.2) is 0 Å². The molecule has 88 valence electrons. The van der Waals surface area contributed by atoms with Crippen LogP contribution in [0.5, 0.6) is 0 Å². The molecule has 0 bridgehead atoms. The number of carbonyl (C=O) groups excluding carboxylic acids is 1. The molecule has 1 amide bonds. The number of hydrogen-bond donors (Lipinski definition) is 1. The maximum absolute atomic E-state index is 12.0. The molecule has 0 aliphatic carbocycles. The van der Waals surface area contributed by atoms with Crippen LogP contribution in [-0.2, 0) is 0 Å². The van der Waals surface area contributed by atoms with E-state index in [2.05, 4.69) is 4.98 Å². The Morgan fingerprint density at radius 1 is 1.62 bits per heavy atom. The fourth-order valence-electron chi connectivity index (χ4n) is 1.40. The molecule has 0 saturated carbocycles. The molecule has 16 heavy (non-hydrogen) atoms. The Morgan fingerprint density at radius 3 is 2.88 bits per heavy atom. The van der Waals surface area contributed by atoms with Crippen molar-refractivity contribution in [1.29, 1.82) is 0 Å². The molecule has 0 aromatic carbocycles. The van der Waals surface area contributed by atoms with Crippen molar-refractivity contribution in [2.75, 3.05) is 13.6 Å². The van der Waals surface area contributed by atoms with Gasteiger partial charge in [0.25, 0.3) is 5.91 Å². The monoisotopic (exact) mass is 222 g/mol. The summed E-state index contributed by atoms with van der Waals surface area (Å²) in [6.45, 7) is 4.08. The largest absolute Gasteiger partial charge is 0.393 e. The maximum Gasteiger partial charge on any atom is 0.255 e. The predicted molar refractivity (Wildman–Crippen MR) is 62.2 cm³/mol. The van der Waals surface area contributed by atoms with Crippen molar-refractivity contribution in [1.82, 2.24) is 9.88 Å². The van der Waals surface area contributed by atoms with Gasteiger partial charge in [0, 0.05) is 25.5 Å². The second-order valence-electron chi connectivity index (χ2n) is 4.00. The fourth-order valence-corrected chi connectivity index (χ4v) is 1.40. The summed E-state index contributed by atoms with van der Waals surface area (Å²) in [5.41, 5.74) is 1.35. The van der Waals surface area contributed by atoms with Crippen molar-refractivity contribution in [2.45, 2.75) is 26.4 Å². The highest BCUT2D eigenvalue weighted by Gasteiger charge is 2.14. The van der Waals surface area contributed by atoms with E-state index < -0.39 is 0 Å². The normalized spacial score (nSPS) is 12.2. The van der Waals surface area contributed by atoms with Gasteiger partial charge in [-0.05, 0) is 32.4 Å². The minimum absolute atomic E-state index is 0.0498. The Balaban J connectivity index is 2.67. The zero-order valence-corrected chi connectivity index (χ0v) is 9.97. The molecule has 0 spiro atoms. The van der Waals surface area contributed by atoms with E-state index in [0.717, 1.165) is 5.69 Å². The standard InChI is InChI=1S/C12H18N2O2/c1-9(15)6-8-14(3)12(16)11-5-4-7-13-10(11)2/h4-5,7,9,15H,6,8H2,1-3H3. The van der Waals surface area contributed by atoms with Crippen LogP contribution in [0, 0.1) is 6.92 Å². The number of carbonyl (C=O) groups is 1. The van der Waals surface area contributed by atoms with E-state index in [1.54, 1.807) is 37.2 Å². The Morgan fingerprint density at radius 2 is 2.31 bits per heavy atom. The van der Waals surface area contributed by atoms with E-state index in [4.69, 9.17) is 5.11 Å². The average Bonchev–Trinajstić information content (AvgIpc) is 2.25. The van der Waals surface area contributed by atoms with Crippen molar-refractivity contribution < 1.29 is 9.90 Å². The van der Waals surface area contributed by atoms with Crippen LogP contribution in [-0.4, -0.2) is 40.6 Å². The van der Waals surface area contributed by atoms with Gasteiger partial charge in [0.2, 0.25) is 0 Å². The third-order valence-corrected chi connectivity index (χ3v) is 2.47. The summed E-state index contributed by atoms with van der Waals surface area (Å²) >= 11 is 0. The van der Waals surface area contributed by atoms with E-state index in [1.165, 1.54) is 0 Å². The highest BCUT2D eigenvalue weighted by molar-refractivity contribution is 5.94. The molecular formula is C12H18N2O2. The molecule has 0 fully saturated rings. The molecule has 4 nitrogen and oxygen atoms in total. The van der Waals surface area contributed by atoms with Crippen LogP contribution in [0.2, 0.25) is 0 Å². The first-order chi connectivity index (χ1) is 7.52. The third-order valence-electron chi connectivity index (χ3n) is 2.47. The van der Waals surface area contributed by atoms with Crippen LogP contribution in [0.1, 0.15) is 29.4 Å². The number of hydrogen-bond acceptors (Lipinski definition) is 3. The lowest BCUT2D eigenvalue weighted by atomic mass is 10.1. The van der Waals surface area contributed by atoms with Crippen LogP contribution >= 0.6 is 0 Å². The minimum atomic E-state index is -0.384. The first-order valence-electron chi connectivity index (χ1n) is 5.37. The first-order valence-corrected chi connectivity index (χ1v) is 5.37. The topological polar surface area (TPSA) is 53.4 Å². The second kappa shape index (κ2) is 5.61. The number of rotatable bonds is 4. The summed E-state index contributed by atoms with van der Waals surface area (Å²) in [6, 6.07) is 3.52. The molecule has 4 heteroatoms. The average molecular weight is 222 g/mol. The number of amides is 1. The SMILES string of the molecule is Cc1ncccc1C(=O)N(C)CCC(C)O. The molecule has 0 radical (unpaired) electrons. The molecule has 1 rings (SSSR count). The Hall–Kier alpha value is -1.42. The molecule has 1 aromatic heterocycles. The quantitative estimate of drug-likeness (QED) is 0.833. The molecule has 0 aliphatic heterocycles. The van der Waals surface area contributed by atoms with Crippen molar-refractivity contribution in [2.24, 2.45) is 0 Å². The van der Waals surface area contributed by atoms with Gasteiger partial charge in [-0.1, -0.05) is 0 Å². The van der Waals surface area contributed by atoms with Gasteiger partial charge in [-0.3, -0.25) is 9.78 Å².